The van der Waals surface area contributed by atoms with Crippen LogP contribution in [0.15, 0.2) is 77.7 Å². The number of hydrogen-bond acceptors (Lipinski definition) is 3. The molecule has 1 aliphatic rings. The Bertz CT molecular complexity index is 1080. The van der Waals surface area contributed by atoms with Crippen LogP contribution >= 0.6 is 0 Å². The normalized spacial score (nSPS) is 13.6. The number of sulfonamides is 1. The van der Waals surface area contributed by atoms with Crippen molar-refractivity contribution in [3.63, 3.8) is 0 Å². The molecule has 0 amide bonds. The van der Waals surface area contributed by atoms with Crippen LogP contribution in [0.1, 0.15) is 17.5 Å². The molecule has 0 saturated carbocycles. The first-order valence-electron chi connectivity index (χ1n) is 10.1. The summed E-state index contributed by atoms with van der Waals surface area (Å²) < 4.78 is 40.0. The van der Waals surface area contributed by atoms with Crippen LogP contribution in [0.3, 0.4) is 0 Å². The summed E-state index contributed by atoms with van der Waals surface area (Å²) in [6.45, 7) is 1.08. The molecule has 0 aliphatic carbocycles. The number of fused-ring (bicyclic) bond motifs is 2. The monoisotopic (exact) mass is 424 g/mol. The Morgan fingerprint density at radius 1 is 0.867 bits per heavy atom. The third-order valence-corrected chi connectivity index (χ3v) is 7.48. The number of rotatable bonds is 6. The van der Waals surface area contributed by atoms with E-state index in [0.29, 0.717) is 19.5 Å². The maximum atomic E-state index is 13.1. The summed E-state index contributed by atoms with van der Waals surface area (Å²) in [5, 5.41) is 0. The number of halogens is 1. The Kier molecular flexibility index (Phi) is 5.88. The molecule has 0 aromatic heterocycles. The third kappa shape index (κ3) is 4.11. The zero-order valence-electron chi connectivity index (χ0n) is 17.0. The quantitative estimate of drug-likeness (QED) is 0.572. The second kappa shape index (κ2) is 8.58. The lowest BCUT2D eigenvalue weighted by Gasteiger charge is -2.28. The minimum atomic E-state index is -3.64. The SMILES string of the molecule is CN(CCCN1c2ccccc2CCc2ccccc21)S(=O)(=O)c1ccc(F)cc1. The second-order valence-electron chi connectivity index (χ2n) is 7.54. The molecular formula is C24H25FN2O2S. The topological polar surface area (TPSA) is 40.6 Å². The summed E-state index contributed by atoms with van der Waals surface area (Å²) >= 11 is 0. The average molecular weight is 425 g/mol. The predicted molar refractivity (Wildman–Crippen MR) is 118 cm³/mol. The van der Waals surface area contributed by atoms with E-state index in [2.05, 4.69) is 41.3 Å². The molecule has 6 heteroatoms. The van der Waals surface area contributed by atoms with Gasteiger partial charge in [-0.3, -0.25) is 0 Å². The molecule has 1 heterocycles. The molecule has 0 bridgehead atoms. The molecule has 0 fully saturated rings. The fourth-order valence-corrected chi connectivity index (χ4v) is 5.18. The van der Waals surface area contributed by atoms with Crippen molar-refractivity contribution in [3.05, 3.63) is 89.7 Å². The van der Waals surface area contributed by atoms with Gasteiger partial charge in [-0.05, 0) is 66.8 Å². The van der Waals surface area contributed by atoms with Crippen molar-refractivity contribution >= 4 is 21.4 Å². The van der Waals surface area contributed by atoms with Crippen LogP contribution in [0.5, 0.6) is 0 Å². The summed E-state index contributed by atoms with van der Waals surface area (Å²) in [5.74, 6) is -0.449. The fraction of sp³-hybridized carbons (Fsp3) is 0.250. The fourth-order valence-electron chi connectivity index (χ4n) is 3.97. The summed E-state index contributed by atoms with van der Waals surface area (Å²) in [6, 6.07) is 21.8. The van der Waals surface area contributed by atoms with Gasteiger partial charge < -0.3 is 4.90 Å². The summed E-state index contributed by atoms with van der Waals surface area (Å²) in [5.41, 5.74) is 4.99. The largest absolute Gasteiger partial charge is 0.341 e. The summed E-state index contributed by atoms with van der Waals surface area (Å²) in [7, 11) is -2.07. The highest BCUT2D eigenvalue weighted by atomic mass is 32.2. The second-order valence-corrected chi connectivity index (χ2v) is 9.59. The van der Waals surface area contributed by atoms with Crippen LogP contribution in [0.4, 0.5) is 15.8 Å². The number of hydrogen-bond donors (Lipinski definition) is 0. The van der Waals surface area contributed by atoms with Crippen LogP contribution in [0.25, 0.3) is 0 Å². The van der Waals surface area contributed by atoms with Crippen molar-refractivity contribution in [1.82, 2.24) is 4.31 Å². The summed E-state index contributed by atoms with van der Waals surface area (Å²) in [4.78, 5) is 2.41. The molecular weight excluding hydrogens is 399 g/mol. The van der Waals surface area contributed by atoms with Crippen molar-refractivity contribution in [2.24, 2.45) is 0 Å². The zero-order chi connectivity index (χ0) is 21.1. The number of nitrogens with zero attached hydrogens (tertiary/aromatic N) is 2. The van der Waals surface area contributed by atoms with Crippen molar-refractivity contribution in [2.45, 2.75) is 24.2 Å². The molecule has 0 saturated heterocycles. The van der Waals surface area contributed by atoms with Gasteiger partial charge in [-0.25, -0.2) is 17.1 Å². The number of benzene rings is 3. The van der Waals surface area contributed by atoms with E-state index < -0.39 is 15.8 Å². The van der Waals surface area contributed by atoms with Crippen LogP contribution < -0.4 is 4.90 Å². The van der Waals surface area contributed by atoms with Crippen molar-refractivity contribution in [1.29, 1.82) is 0 Å². The molecule has 0 atom stereocenters. The molecule has 0 N–H and O–H groups in total. The standard InChI is InChI=1S/C24H25FN2O2S/c1-26(30(28,29)22-15-13-21(25)14-16-22)17-6-18-27-23-9-4-2-7-19(23)11-12-20-8-3-5-10-24(20)27/h2-5,7-10,13-16H,6,11-12,17-18H2,1H3. The molecule has 3 aromatic carbocycles. The lowest BCUT2D eigenvalue weighted by Crippen LogP contribution is -2.30. The van der Waals surface area contributed by atoms with E-state index >= 15 is 0 Å². The van der Waals surface area contributed by atoms with Crippen LogP contribution in [0.2, 0.25) is 0 Å². The van der Waals surface area contributed by atoms with Crippen molar-refractivity contribution in [3.8, 4) is 0 Å². The lowest BCUT2D eigenvalue weighted by molar-refractivity contribution is 0.463. The van der Waals surface area contributed by atoms with Gasteiger partial charge in [0.15, 0.2) is 0 Å². The molecule has 0 unspecified atom stereocenters. The molecule has 156 valence electrons. The van der Waals surface area contributed by atoms with E-state index in [1.54, 1.807) is 7.05 Å². The van der Waals surface area contributed by atoms with Gasteiger partial charge in [-0.15, -0.1) is 0 Å². The van der Waals surface area contributed by atoms with Gasteiger partial charge in [-0.1, -0.05) is 36.4 Å². The van der Waals surface area contributed by atoms with Gasteiger partial charge in [0, 0.05) is 31.5 Å². The van der Waals surface area contributed by atoms with E-state index in [-0.39, 0.29) is 4.90 Å². The Labute approximate surface area is 177 Å². The van der Waals surface area contributed by atoms with Crippen LogP contribution in [0, 0.1) is 5.82 Å². The zero-order valence-corrected chi connectivity index (χ0v) is 17.8. The predicted octanol–water partition coefficient (Wildman–Crippen LogP) is 4.77. The first-order chi connectivity index (χ1) is 14.5. The molecule has 4 nitrogen and oxygen atoms in total. The first-order valence-corrected chi connectivity index (χ1v) is 11.6. The van der Waals surface area contributed by atoms with Gasteiger partial charge in [0.25, 0.3) is 0 Å². The van der Waals surface area contributed by atoms with Gasteiger partial charge in [0.05, 0.1) is 4.90 Å². The Balaban J connectivity index is 1.52. The molecule has 1 aliphatic heterocycles. The highest BCUT2D eigenvalue weighted by Crippen LogP contribution is 2.35. The first kappa shape index (κ1) is 20.6. The Morgan fingerprint density at radius 2 is 1.40 bits per heavy atom. The van der Waals surface area contributed by atoms with E-state index in [1.165, 1.54) is 51.1 Å². The molecule has 3 aromatic rings. The Hall–Kier alpha value is -2.70. The molecule has 30 heavy (non-hydrogen) atoms. The minimum absolute atomic E-state index is 0.108. The number of anilines is 2. The van der Waals surface area contributed by atoms with Gasteiger partial charge in [-0.2, -0.15) is 0 Å². The van der Waals surface area contributed by atoms with Crippen LogP contribution in [-0.2, 0) is 22.9 Å². The summed E-state index contributed by atoms with van der Waals surface area (Å²) in [6.07, 6.45) is 2.64. The molecule has 4 rings (SSSR count). The highest BCUT2D eigenvalue weighted by Gasteiger charge is 2.23. The highest BCUT2D eigenvalue weighted by molar-refractivity contribution is 7.89. The van der Waals surface area contributed by atoms with Crippen LogP contribution in [-0.4, -0.2) is 32.9 Å². The van der Waals surface area contributed by atoms with E-state index in [9.17, 15) is 12.8 Å². The van der Waals surface area contributed by atoms with E-state index in [4.69, 9.17) is 0 Å². The lowest BCUT2D eigenvalue weighted by atomic mass is 10.0. The van der Waals surface area contributed by atoms with E-state index in [0.717, 1.165) is 12.8 Å². The molecule has 0 radical (unpaired) electrons. The van der Waals surface area contributed by atoms with Gasteiger partial charge in [0.1, 0.15) is 5.82 Å². The maximum Gasteiger partial charge on any atom is 0.242 e. The number of para-hydroxylation sites is 2. The van der Waals surface area contributed by atoms with Gasteiger partial charge >= 0.3 is 0 Å². The molecule has 0 spiro atoms. The third-order valence-electron chi connectivity index (χ3n) is 5.61. The van der Waals surface area contributed by atoms with Crippen molar-refractivity contribution in [2.75, 3.05) is 25.0 Å². The Morgan fingerprint density at radius 3 is 1.97 bits per heavy atom. The van der Waals surface area contributed by atoms with Gasteiger partial charge in [0.2, 0.25) is 10.0 Å². The van der Waals surface area contributed by atoms with E-state index in [1.807, 2.05) is 12.1 Å². The minimum Gasteiger partial charge on any atom is -0.341 e. The average Bonchev–Trinajstić information content (AvgIpc) is 2.91. The number of aryl methyl sites for hydroxylation is 2. The maximum absolute atomic E-state index is 13.1. The van der Waals surface area contributed by atoms with Crippen molar-refractivity contribution < 1.29 is 12.8 Å². The smallest absolute Gasteiger partial charge is 0.242 e.